The minimum Gasteiger partial charge on any atom is -0.385 e. The van der Waals surface area contributed by atoms with E-state index in [1.807, 2.05) is 31.2 Å². The number of aryl methyl sites for hydroxylation is 1. The molecule has 1 aromatic rings. The van der Waals surface area contributed by atoms with Gasteiger partial charge in [-0.3, -0.25) is 4.79 Å². The lowest BCUT2D eigenvalue weighted by Crippen LogP contribution is -2.39. The molecule has 0 aliphatic rings. The number of halogens is 1. The Kier molecular flexibility index (Phi) is 6.85. The number of nitrogens with one attached hydrogen (secondary N) is 2. The topological polar surface area (TPSA) is 64.9 Å². The van der Waals surface area contributed by atoms with Crippen molar-refractivity contribution in [3.05, 3.63) is 39.1 Å². The molecule has 0 radical (unpaired) electrons. The second-order valence-electron chi connectivity index (χ2n) is 7.85. The van der Waals surface area contributed by atoms with Gasteiger partial charge in [-0.1, -0.05) is 20.8 Å². The zero-order valence-electron chi connectivity index (χ0n) is 15.2. The highest BCUT2D eigenvalue weighted by molar-refractivity contribution is 14.1. The molecule has 2 N–H and O–H groups in total. The van der Waals surface area contributed by atoms with Gasteiger partial charge in [0.2, 0.25) is 0 Å². The van der Waals surface area contributed by atoms with Crippen LogP contribution in [0, 0.1) is 27.2 Å². The summed E-state index contributed by atoms with van der Waals surface area (Å²) in [4.78, 5) is 12.3. The Morgan fingerprint density at radius 2 is 1.92 bits per heavy atom. The number of rotatable bonds is 5. The number of hydrogen-bond donors (Lipinski definition) is 2. The zero-order chi connectivity index (χ0) is 18.5. The first-order valence-corrected chi connectivity index (χ1v) is 8.97. The minimum atomic E-state index is -0.402. The number of nitrogens with zero attached hydrogens (tertiary/aromatic N) is 1. The summed E-state index contributed by atoms with van der Waals surface area (Å²) in [5.74, 6) is -0.402. The Hall–Kier alpha value is -1.55. The van der Waals surface area contributed by atoms with Gasteiger partial charge in [-0.15, -0.1) is 0 Å². The fourth-order valence-electron chi connectivity index (χ4n) is 2.75. The van der Waals surface area contributed by atoms with E-state index in [-0.39, 0.29) is 16.5 Å². The quantitative estimate of drug-likeness (QED) is 0.396. The second kappa shape index (κ2) is 8.02. The van der Waals surface area contributed by atoms with Crippen molar-refractivity contribution in [3.63, 3.8) is 0 Å². The van der Waals surface area contributed by atoms with Gasteiger partial charge in [0.1, 0.15) is 11.6 Å². The predicted molar refractivity (Wildman–Crippen MR) is 108 cm³/mol. The standard InChI is InChI=1S/C19H26IN3O/c1-13-9-15(20)7-8-16(13)23-17(24)14(10-21)11-22-19(5,6)12-18(2,3)4/h7-9,11,22H,12H2,1-6H3,(H,23,24)/b14-11-. The highest BCUT2D eigenvalue weighted by Gasteiger charge is 2.24. The van der Waals surface area contributed by atoms with Gasteiger partial charge in [0, 0.05) is 21.0 Å². The molecule has 1 rings (SSSR count). The molecule has 1 aromatic carbocycles. The van der Waals surface area contributed by atoms with Crippen molar-refractivity contribution in [1.29, 1.82) is 5.26 Å². The van der Waals surface area contributed by atoms with E-state index in [1.165, 1.54) is 6.20 Å². The SMILES string of the molecule is Cc1cc(I)ccc1NC(=O)/C(C#N)=C\NC(C)(C)CC(C)(C)C. The molecule has 0 aromatic heterocycles. The van der Waals surface area contributed by atoms with Gasteiger partial charge >= 0.3 is 0 Å². The van der Waals surface area contributed by atoms with Crippen LogP contribution in [-0.2, 0) is 4.79 Å². The Labute approximate surface area is 158 Å². The summed E-state index contributed by atoms with van der Waals surface area (Å²) in [5, 5.41) is 15.3. The smallest absolute Gasteiger partial charge is 0.267 e. The summed E-state index contributed by atoms with van der Waals surface area (Å²) in [7, 11) is 0. The van der Waals surface area contributed by atoms with Gasteiger partial charge in [0.05, 0.1) is 0 Å². The predicted octanol–water partition coefficient (Wildman–Crippen LogP) is 4.75. The third-order valence-corrected chi connectivity index (χ3v) is 4.05. The van der Waals surface area contributed by atoms with Crippen molar-refractivity contribution >= 4 is 34.2 Å². The van der Waals surface area contributed by atoms with Crippen molar-refractivity contribution in [2.24, 2.45) is 5.41 Å². The van der Waals surface area contributed by atoms with Crippen LogP contribution in [0.2, 0.25) is 0 Å². The molecule has 4 nitrogen and oxygen atoms in total. The Bertz CT molecular complexity index is 679. The molecular weight excluding hydrogens is 413 g/mol. The van der Waals surface area contributed by atoms with E-state index < -0.39 is 5.91 Å². The number of amides is 1. The molecule has 0 saturated carbocycles. The van der Waals surface area contributed by atoms with Crippen molar-refractivity contribution in [3.8, 4) is 6.07 Å². The minimum absolute atomic E-state index is 0.0648. The van der Waals surface area contributed by atoms with E-state index in [4.69, 9.17) is 0 Å². The van der Waals surface area contributed by atoms with Crippen LogP contribution in [0.1, 0.15) is 46.6 Å². The fraction of sp³-hybridized carbons (Fsp3) is 0.474. The molecule has 0 unspecified atom stereocenters. The molecule has 0 bridgehead atoms. The van der Waals surface area contributed by atoms with Gasteiger partial charge in [-0.25, -0.2) is 0 Å². The molecule has 0 saturated heterocycles. The first kappa shape index (κ1) is 20.5. The molecule has 0 aliphatic carbocycles. The van der Waals surface area contributed by atoms with Crippen molar-refractivity contribution in [2.75, 3.05) is 5.32 Å². The molecule has 0 atom stereocenters. The number of nitriles is 1. The number of anilines is 1. The largest absolute Gasteiger partial charge is 0.385 e. The van der Waals surface area contributed by atoms with Gasteiger partial charge in [-0.05, 0) is 79.0 Å². The molecule has 0 fully saturated rings. The average molecular weight is 439 g/mol. The Balaban J connectivity index is 2.85. The highest BCUT2D eigenvalue weighted by Crippen LogP contribution is 2.27. The molecule has 5 heteroatoms. The average Bonchev–Trinajstić information content (AvgIpc) is 2.39. The van der Waals surface area contributed by atoms with Gasteiger partial charge < -0.3 is 10.6 Å². The van der Waals surface area contributed by atoms with Crippen LogP contribution >= 0.6 is 22.6 Å². The maximum absolute atomic E-state index is 12.3. The Morgan fingerprint density at radius 3 is 2.42 bits per heavy atom. The molecule has 130 valence electrons. The fourth-order valence-corrected chi connectivity index (χ4v) is 3.40. The van der Waals surface area contributed by atoms with Crippen LogP contribution in [0.25, 0.3) is 0 Å². The molecule has 1 amide bonds. The van der Waals surface area contributed by atoms with Gasteiger partial charge in [0.15, 0.2) is 0 Å². The van der Waals surface area contributed by atoms with E-state index in [0.717, 1.165) is 21.2 Å². The zero-order valence-corrected chi connectivity index (χ0v) is 17.4. The third kappa shape index (κ3) is 6.91. The van der Waals surface area contributed by atoms with E-state index in [2.05, 4.69) is 67.8 Å². The van der Waals surface area contributed by atoms with E-state index in [1.54, 1.807) is 0 Å². The molecular formula is C19H26IN3O. The van der Waals surface area contributed by atoms with Gasteiger partial charge in [-0.2, -0.15) is 5.26 Å². The first-order chi connectivity index (χ1) is 10.9. The number of carbonyl (C=O) groups is 1. The maximum Gasteiger partial charge on any atom is 0.267 e. The van der Waals surface area contributed by atoms with Crippen LogP contribution < -0.4 is 10.6 Å². The summed E-state index contributed by atoms with van der Waals surface area (Å²) in [5.41, 5.74) is 1.69. The summed E-state index contributed by atoms with van der Waals surface area (Å²) in [6.07, 6.45) is 2.43. The van der Waals surface area contributed by atoms with Crippen LogP contribution in [0.15, 0.2) is 30.0 Å². The van der Waals surface area contributed by atoms with Crippen molar-refractivity contribution in [1.82, 2.24) is 5.32 Å². The first-order valence-electron chi connectivity index (χ1n) is 7.89. The van der Waals surface area contributed by atoms with E-state index in [0.29, 0.717) is 0 Å². The number of benzene rings is 1. The number of carbonyl (C=O) groups excluding carboxylic acids is 1. The summed E-state index contributed by atoms with van der Waals surface area (Å²) < 4.78 is 1.10. The molecule has 24 heavy (non-hydrogen) atoms. The normalized spacial score (nSPS) is 12.5. The molecule has 0 heterocycles. The monoisotopic (exact) mass is 439 g/mol. The number of hydrogen-bond acceptors (Lipinski definition) is 3. The highest BCUT2D eigenvalue weighted by atomic mass is 127. The summed E-state index contributed by atoms with van der Waals surface area (Å²) in [6, 6.07) is 7.72. The summed E-state index contributed by atoms with van der Waals surface area (Å²) >= 11 is 2.22. The molecule has 0 spiro atoms. The van der Waals surface area contributed by atoms with Crippen LogP contribution in [0.4, 0.5) is 5.69 Å². The van der Waals surface area contributed by atoms with Crippen LogP contribution in [0.5, 0.6) is 0 Å². The van der Waals surface area contributed by atoms with Crippen LogP contribution in [0.3, 0.4) is 0 Å². The van der Waals surface area contributed by atoms with E-state index in [9.17, 15) is 10.1 Å². The third-order valence-electron chi connectivity index (χ3n) is 3.38. The lowest BCUT2D eigenvalue weighted by Gasteiger charge is -2.33. The van der Waals surface area contributed by atoms with Gasteiger partial charge in [0.25, 0.3) is 5.91 Å². The van der Waals surface area contributed by atoms with E-state index >= 15 is 0 Å². The van der Waals surface area contributed by atoms with Crippen molar-refractivity contribution < 1.29 is 4.79 Å². The lowest BCUT2D eigenvalue weighted by atomic mass is 9.82. The van der Waals surface area contributed by atoms with Crippen molar-refractivity contribution in [2.45, 2.75) is 53.5 Å². The second-order valence-corrected chi connectivity index (χ2v) is 9.09. The van der Waals surface area contributed by atoms with Crippen LogP contribution in [-0.4, -0.2) is 11.4 Å². The Morgan fingerprint density at radius 1 is 1.29 bits per heavy atom. The molecule has 0 aliphatic heterocycles. The summed E-state index contributed by atoms with van der Waals surface area (Å²) in [6.45, 7) is 12.5. The maximum atomic E-state index is 12.3. The lowest BCUT2D eigenvalue weighted by molar-refractivity contribution is -0.112.